The minimum Gasteiger partial charge on any atom is -0.334 e. The van der Waals surface area contributed by atoms with Crippen LogP contribution in [0.1, 0.15) is 29.8 Å². The molecule has 0 bridgehead atoms. The van der Waals surface area contributed by atoms with Crippen molar-refractivity contribution in [3.63, 3.8) is 0 Å². The van der Waals surface area contributed by atoms with Crippen LogP contribution in [0.4, 0.5) is 0 Å². The summed E-state index contributed by atoms with van der Waals surface area (Å²) >= 11 is 1.76. The fraction of sp³-hybridized carbons (Fsp3) is 0.500. The van der Waals surface area contributed by atoms with Crippen LogP contribution in [0.25, 0.3) is 0 Å². The van der Waals surface area contributed by atoms with Crippen molar-refractivity contribution in [2.24, 2.45) is 0 Å². The molecule has 22 heavy (non-hydrogen) atoms. The quantitative estimate of drug-likeness (QED) is 0.868. The van der Waals surface area contributed by atoms with Gasteiger partial charge in [0.25, 0.3) is 0 Å². The first kappa shape index (κ1) is 14.0. The topological polar surface area (TPSA) is 41.4 Å². The Labute approximate surface area is 134 Å². The van der Waals surface area contributed by atoms with E-state index < -0.39 is 0 Å². The van der Waals surface area contributed by atoms with Crippen LogP contribution in [0.3, 0.4) is 0 Å². The summed E-state index contributed by atoms with van der Waals surface area (Å²) in [7, 11) is 0. The van der Waals surface area contributed by atoms with Crippen LogP contribution in [0.15, 0.2) is 36.0 Å². The molecule has 1 amide bonds. The lowest BCUT2D eigenvalue weighted by molar-refractivity contribution is -0.134. The Kier molecular flexibility index (Phi) is 3.72. The second-order valence-electron chi connectivity index (χ2n) is 6.09. The highest BCUT2D eigenvalue weighted by atomic mass is 32.1. The minimum absolute atomic E-state index is 0.273. The Morgan fingerprint density at radius 3 is 3.00 bits per heavy atom. The van der Waals surface area contributed by atoms with Crippen molar-refractivity contribution in [1.29, 1.82) is 0 Å². The normalized spacial score (nSPS) is 22.9. The monoisotopic (exact) mass is 316 g/mol. The van der Waals surface area contributed by atoms with Crippen molar-refractivity contribution in [2.45, 2.75) is 24.9 Å². The molecule has 5 nitrogen and oxygen atoms in total. The van der Waals surface area contributed by atoms with E-state index in [2.05, 4.69) is 32.4 Å². The van der Waals surface area contributed by atoms with Crippen LogP contribution in [0.2, 0.25) is 0 Å². The fourth-order valence-corrected chi connectivity index (χ4v) is 4.33. The highest BCUT2D eigenvalue weighted by Gasteiger charge is 2.35. The summed E-state index contributed by atoms with van der Waals surface area (Å²) < 4.78 is 1.99. The van der Waals surface area contributed by atoms with Gasteiger partial charge in [-0.05, 0) is 30.4 Å². The van der Waals surface area contributed by atoms with Gasteiger partial charge in [-0.25, -0.2) is 0 Å². The zero-order valence-electron chi connectivity index (χ0n) is 12.5. The van der Waals surface area contributed by atoms with E-state index in [0.29, 0.717) is 18.6 Å². The minimum atomic E-state index is 0.273. The maximum Gasteiger partial charge on any atom is 0.237 e. The van der Waals surface area contributed by atoms with Crippen LogP contribution in [0.5, 0.6) is 0 Å². The molecular weight excluding hydrogens is 296 g/mol. The van der Waals surface area contributed by atoms with Crippen molar-refractivity contribution >= 4 is 17.2 Å². The Morgan fingerprint density at radius 1 is 1.36 bits per heavy atom. The Bertz CT molecular complexity index is 619. The molecule has 2 aromatic heterocycles. The van der Waals surface area contributed by atoms with Gasteiger partial charge in [-0.2, -0.15) is 5.10 Å². The van der Waals surface area contributed by atoms with E-state index in [9.17, 15) is 4.79 Å². The standard InChI is InChI=1S/C16H20N4OS/c21-16(12-18-10-13(11-18)20-8-3-6-17-20)19-7-1-4-14(19)15-5-2-9-22-15/h2-3,5-6,8-9,13-14H,1,4,7,10-12H2/t14-/m1/s1. The fourth-order valence-electron chi connectivity index (χ4n) is 3.46. The lowest BCUT2D eigenvalue weighted by Gasteiger charge is -2.39. The third-order valence-electron chi connectivity index (χ3n) is 4.64. The second kappa shape index (κ2) is 5.85. The van der Waals surface area contributed by atoms with Gasteiger partial charge in [0.1, 0.15) is 0 Å². The van der Waals surface area contributed by atoms with Gasteiger partial charge in [-0.3, -0.25) is 14.4 Å². The van der Waals surface area contributed by atoms with Gasteiger partial charge in [-0.1, -0.05) is 6.07 Å². The largest absolute Gasteiger partial charge is 0.334 e. The number of carbonyl (C=O) groups excluding carboxylic acids is 1. The molecule has 2 aliphatic heterocycles. The molecule has 2 saturated heterocycles. The molecule has 0 spiro atoms. The second-order valence-corrected chi connectivity index (χ2v) is 7.07. The average Bonchev–Trinajstić information content (AvgIpc) is 3.23. The van der Waals surface area contributed by atoms with Gasteiger partial charge in [-0.15, -0.1) is 11.3 Å². The van der Waals surface area contributed by atoms with E-state index >= 15 is 0 Å². The van der Waals surface area contributed by atoms with Crippen molar-refractivity contribution in [3.8, 4) is 0 Å². The highest BCUT2D eigenvalue weighted by Crippen LogP contribution is 2.34. The van der Waals surface area contributed by atoms with Gasteiger partial charge >= 0.3 is 0 Å². The lowest BCUT2D eigenvalue weighted by atomic mass is 10.1. The molecule has 4 heterocycles. The number of thiophene rings is 1. The molecule has 0 unspecified atom stereocenters. The maximum atomic E-state index is 12.6. The Morgan fingerprint density at radius 2 is 2.27 bits per heavy atom. The predicted octanol–water partition coefficient (Wildman–Crippen LogP) is 2.17. The number of aromatic nitrogens is 2. The van der Waals surface area contributed by atoms with E-state index in [0.717, 1.165) is 32.5 Å². The summed E-state index contributed by atoms with van der Waals surface area (Å²) in [6, 6.07) is 6.90. The molecule has 2 fully saturated rings. The van der Waals surface area contributed by atoms with E-state index in [1.807, 2.05) is 23.1 Å². The van der Waals surface area contributed by atoms with Crippen LogP contribution in [-0.2, 0) is 4.79 Å². The van der Waals surface area contributed by atoms with Crippen LogP contribution in [0, 0.1) is 0 Å². The third-order valence-corrected chi connectivity index (χ3v) is 5.61. The van der Waals surface area contributed by atoms with Crippen molar-refractivity contribution in [3.05, 3.63) is 40.8 Å². The first-order valence-corrected chi connectivity index (χ1v) is 8.73. The number of carbonyl (C=O) groups is 1. The van der Waals surface area contributed by atoms with Gasteiger partial charge in [0, 0.05) is 36.9 Å². The van der Waals surface area contributed by atoms with E-state index in [1.54, 1.807) is 11.3 Å². The van der Waals surface area contributed by atoms with E-state index in [-0.39, 0.29) is 5.91 Å². The number of rotatable bonds is 4. The van der Waals surface area contributed by atoms with Gasteiger partial charge in [0.15, 0.2) is 0 Å². The number of hydrogen-bond acceptors (Lipinski definition) is 4. The molecule has 116 valence electrons. The molecule has 6 heteroatoms. The molecule has 0 aromatic carbocycles. The molecule has 0 radical (unpaired) electrons. The molecule has 2 aromatic rings. The summed E-state index contributed by atoms with van der Waals surface area (Å²) in [6.45, 7) is 3.29. The highest BCUT2D eigenvalue weighted by molar-refractivity contribution is 7.10. The third kappa shape index (κ3) is 2.57. The smallest absolute Gasteiger partial charge is 0.237 e. The summed E-state index contributed by atoms with van der Waals surface area (Å²) in [5.41, 5.74) is 0. The number of amides is 1. The first-order valence-electron chi connectivity index (χ1n) is 7.85. The molecule has 4 rings (SSSR count). The Hall–Kier alpha value is -1.66. The van der Waals surface area contributed by atoms with Crippen molar-refractivity contribution < 1.29 is 4.79 Å². The molecule has 0 saturated carbocycles. The van der Waals surface area contributed by atoms with Gasteiger partial charge < -0.3 is 4.90 Å². The molecule has 2 aliphatic rings. The van der Waals surface area contributed by atoms with Crippen LogP contribution >= 0.6 is 11.3 Å². The summed E-state index contributed by atoms with van der Waals surface area (Å²) in [6.07, 6.45) is 6.02. The maximum absolute atomic E-state index is 12.6. The summed E-state index contributed by atoms with van der Waals surface area (Å²) in [5, 5.41) is 6.37. The predicted molar refractivity (Wildman–Crippen MR) is 85.7 cm³/mol. The van der Waals surface area contributed by atoms with Crippen molar-refractivity contribution in [2.75, 3.05) is 26.2 Å². The first-order chi connectivity index (χ1) is 10.8. The number of likely N-dealkylation sites (tertiary alicyclic amines) is 2. The van der Waals surface area contributed by atoms with Crippen LogP contribution in [-0.4, -0.2) is 51.7 Å². The summed E-state index contributed by atoms with van der Waals surface area (Å²) in [5.74, 6) is 0.273. The molecule has 0 N–H and O–H groups in total. The molecular formula is C16H20N4OS. The molecule has 0 aliphatic carbocycles. The molecule has 1 atom stereocenters. The van der Waals surface area contributed by atoms with Crippen LogP contribution < -0.4 is 0 Å². The summed E-state index contributed by atoms with van der Waals surface area (Å²) in [4.78, 5) is 18.2. The SMILES string of the molecule is O=C(CN1CC(n2cccn2)C1)N1CCC[C@@H]1c1cccs1. The Balaban J connectivity index is 1.33. The zero-order valence-corrected chi connectivity index (χ0v) is 13.3. The van der Waals surface area contributed by atoms with E-state index in [1.165, 1.54) is 4.88 Å². The van der Waals surface area contributed by atoms with E-state index in [4.69, 9.17) is 0 Å². The van der Waals surface area contributed by atoms with Gasteiger partial charge in [0.05, 0.1) is 18.6 Å². The lowest BCUT2D eigenvalue weighted by Crippen LogP contribution is -2.52. The number of hydrogen-bond donors (Lipinski definition) is 0. The average molecular weight is 316 g/mol. The number of nitrogens with zero attached hydrogens (tertiary/aromatic N) is 4. The van der Waals surface area contributed by atoms with Gasteiger partial charge in [0.2, 0.25) is 5.91 Å². The zero-order chi connectivity index (χ0) is 14.9. The van der Waals surface area contributed by atoms with Crippen molar-refractivity contribution in [1.82, 2.24) is 19.6 Å².